The Bertz CT molecular complexity index is 140. The summed E-state index contributed by atoms with van der Waals surface area (Å²) in [6, 6.07) is 2.47. The Morgan fingerprint density at radius 3 is 1.60 bits per heavy atom. The Labute approximate surface area is 60.6 Å². The van der Waals surface area contributed by atoms with Crippen LogP contribution < -0.4 is 0 Å². The molecular weight excluding hydrogens is 132 g/mol. The maximum absolute atomic E-state index is 9.59. The van der Waals surface area contributed by atoms with Crippen molar-refractivity contribution in [1.82, 2.24) is 0 Å². The van der Waals surface area contributed by atoms with E-state index in [1.165, 1.54) is 26.2 Å². The van der Waals surface area contributed by atoms with Gasteiger partial charge in [0, 0.05) is 6.92 Å². The Morgan fingerprint density at radius 2 is 1.60 bits per heavy atom. The summed E-state index contributed by atoms with van der Waals surface area (Å²) in [5.74, 6) is -0.245. The van der Waals surface area contributed by atoms with Gasteiger partial charge in [0.25, 0.3) is 0 Å². The van der Waals surface area contributed by atoms with Gasteiger partial charge >= 0.3 is 5.97 Å². The molecular formula is C6H10N2O2. The molecule has 0 radical (unpaired) electrons. The number of hydrogen-bond acceptors (Lipinski definition) is 4. The van der Waals surface area contributed by atoms with Gasteiger partial charge in [-0.2, -0.15) is 10.5 Å². The van der Waals surface area contributed by atoms with Crippen molar-refractivity contribution in [1.29, 1.82) is 10.5 Å². The molecule has 10 heavy (non-hydrogen) atoms. The molecule has 0 unspecified atom stereocenters. The number of ether oxygens (including phenoxy) is 1. The second-order valence-corrected chi connectivity index (χ2v) is 0.919. The highest BCUT2D eigenvalue weighted by Gasteiger charge is 1.75. The van der Waals surface area contributed by atoms with Gasteiger partial charge in [-0.1, -0.05) is 7.43 Å². The summed E-state index contributed by atoms with van der Waals surface area (Å²) < 4.78 is 4.11. The lowest BCUT2D eigenvalue weighted by molar-refractivity contribution is -0.137. The zero-order valence-corrected chi connectivity index (χ0v) is 5.21. The van der Waals surface area contributed by atoms with E-state index in [4.69, 9.17) is 10.5 Å². The molecule has 0 heterocycles. The molecule has 0 aromatic heterocycles. The van der Waals surface area contributed by atoms with E-state index >= 15 is 0 Å². The van der Waals surface area contributed by atoms with Gasteiger partial charge in [0.05, 0.1) is 7.11 Å². The monoisotopic (exact) mass is 142 g/mol. The van der Waals surface area contributed by atoms with Crippen LogP contribution in [0.4, 0.5) is 0 Å². The first kappa shape index (κ1) is 15.8. The molecule has 0 rings (SSSR count). The second kappa shape index (κ2) is 15.7. The van der Waals surface area contributed by atoms with E-state index in [1.807, 2.05) is 0 Å². The van der Waals surface area contributed by atoms with E-state index in [2.05, 4.69) is 4.74 Å². The third kappa shape index (κ3) is 91.1. The fourth-order valence-corrected chi connectivity index (χ4v) is 0. The molecule has 0 N–H and O–H groups in total. The van der Waals surface area contributed by atoms with Crippen LogP contribution in [0.1, 0.15) is 14.4 Å². The summed E-state index contributed by atoms with van der Waals surface area (Å²) >= 11 is 0. The van der Waals surface area contributed by atoms with E-state index in [1.54, 1.807) is 0 Å². The Kier molecular flexibility index (Phi) is 24.7. The van der Waals surface area contributed by atoms with Crippen LogP contribution in [-0.4, -0.2) is 13.1 Å². The zero-order chi connectivity index (χ0) is 7.70. The van der Waals surface area contributed by atoms with E-state index < -0.39 is 0 Å². The van der Waals surface area contributed by atoms with Crippen LogP contribution in [-0.2, 0) is 9.53 Å². The molecule has 0 saturated carbocycles. The van der Waals surface area contributed by atoms with Gasteiger partial charge < -0.3 is 4.74 Å². The predicted molar refractivity (Wildman–Crippen MR) is 35.6 cm³/mol. The van der Waals surface area contributed by atoms with Crippen LogP contribution in [0, 0.1) is 22.7 Å². The second-order valence-electron chi connectivity index (χ2n) is 0.919. The largest absolute Gasteiger partial charge is 0.469 e. The fraction of sp³-hybridized carbons (Fsp3) is 0.500. The molecule has 0 saturated heterocycles. The van der Waals surface area contributed by atoms with Gasteiger partial charge in [0.2, 0.25) is 0 Å². The lowest BCUT2D eigenvalue weighted by Crippen LogP contribution is -1.88. The minimum Gasteiger partial charge on any atom is -0.469 e. The number of esters is 1. The maximum atomic E-state index is 9.59. The minimum atomic E-state index is -0.245. The van der Waals surface area contributed by atoms with E-state index in [0.717, 1.165) is 0 Å². The molecule has 0 aliphatic heterocycles. The third-order valence-electron chi connectivity index (χ3n) is 0.337. The number of carbonyl (C=O) groups excluding carboxylic acids is 1. The minimum absolute atomic E-state index is 0. The number of nitriles is 2. The standard InChI is InChI=1S/C3H6O2.C2N2.CH4/c1-3(4)5-2;3-1-2-4;/h1-2H3;;1H4. The quantitative estimate of drug-likeness (QED) is 0.470. The van der Waals surface area contributed by atoms with Gasteiger partial charge in [-0.3, -0.25) is 4.79 Å². The molecule has 0 aliphatic carbocycles. The molecule has 0 spiro atoms. The molecule has 4 heteroatoms. The Morgan fingerprint density at radius 1 is 1.40 bits per heavy atom. The topological polar surface area (TPSA) is 73.9 Å². The Balaban J connectivity index is -0.0000000910. The average molecular weight is 142 g/mol. The first-order valence-electron chi connectivity index (χ1n) is 2.01. The molecule has 4 nitrogen and oxygen atoms in total. The molecule has 0 bridgehead atoms. The van der Waals surface area contributed by atoms with Gasteiger partial charge in [0.15, 0.2) is 12.1 Å². The number of methoxy groups -OCH3 is 1. The van der Waals surface area contributed by atoms with Crippen LogP contribution in [0.15, 0.2) is 0 Å². The van der Waals surface area contributed by atoms with Crippen molar-refractivity contribution in [3.05, 3.63) is 0 Å². The van der Waals surface area contributed by atoms with Crippen molar-refractivity contribution in [2.45, 2.75) is 14.4 Å². The molecule has 0 aromatic rings. The summed E-state index contributed by atoms with van der Waals surface area (Å²) in [4.78, 5) is 9.59. The van der Waals surface area contributed by atoms with Crippen molar-refractivity contribution in [3.63, 3.8) is 0 Å². The summed E-state index contributed by atoms with van der Waals surface area (Å²) in [6.07, 6.45) is 0. The van der Waals surface area contributed by atoms with E-state index in [9.17, 15) is 4.79 Å². The third-order valence-corrected chi connectivity index (χ3v) is 0.337. The molecule has 0 atom stereocenters. The number of nitrogens with zero attached hydrogens (tertiary/aromatic N) is 2. The van der Waals surface area contributed by atoms with Crippen molar-refractivity contribution >= 4 is 5.97 Å². The zero-order valence-electron chi connectivity index (χ0n) is 5.21. The summed E-state index contributed by atoms with van der Waals surface area (Å²) in [5, 5.41) is 14.5. The van der Waals surface area contributed by atoms with Crippen molar-refractivity contribution in [3.8, 4) is 12.1 Å². The van der Waals surface area contributed by atoms with Crippen LogP contribution >= 0.6 is 0 Å². The molecule has 0 amide bonds. The van der Waals surface area contributed by atoms with Crippen LogP contribution in [0.2, 0.25) is 0 Å². The van der Waals surface area contributed by atoms with Gasteiger partial charge in [0.1, 0.15) is 0 Å². The van der Waals surface area contributed by atoms with Gasteiger partial charge in [-0.05, 0) is 0 Å². The first-order chi connectivity index (χ1) is 4.18. The summed E-state index contributed by atoms with van der Waals surface area (Å²) in [7, 11) is 1.35. The van der Waals surface area contributed by atoms with E-state index in [-0.39, 0.29) is 13.4 Å². The van der Waals surface area contributed by atoms with Crippen molar-refractivity contribution in [2.75, 3.05) is 7.11 Å². The fourth-order valence-electron chi connectivity index (χ4n) is 0. The normalized spacial score (nSPS) is 4.40. The summed E-state index contributed by atoms with van der Waals surface area (Å²) in [6.45, 7) is 1.36. The highest BCUT2D eigenvalue weighted by Crippen LogP contribution is 1.60. The van der Waals surface area contributed by atoms with Gasteiger partial charge in [-0.15, -0.1) is 0 Å². The lowest BCUT2D eigenvalue weighted by atomic mass is 10.8. The van der Waals surface area contributed by atoms with Gasteiger partial charge in [-0.25, -0.2) is 0 Å². The highest BCUT2D eigenvalue weighted by molar-refractivity contribution is 5.65. The number of rotatable bonds is 0. The Hall–Kier alpha value is -1.55. The smallest absolute Gasteiger partial charge is 0.302 e. The molecule has 56 valence electrons. The highest BCUT2D eigenvalue weighted by atomic mass is 16.5. The molecule has 0 aliphatic rings. The predicted octanol–water partition coefficient (Wildman–Crippen LogP) is 0.849. The number of carbonyl (C=O) groups is 1. The van der Waals surface area contributed by atoms with Crippen molar-refractivity contribution in [2.24, 2.45) is 0 Å². The first-order valence-corrected chi connectivity index (χ1v) is 2.01. The number of hydrogen-bond donors (Lipinski definition) is 0. The van der Waals surface area contributed by atoms with Crippen LogP contribution in [0.3, 0.4) is 0 Å². The molecule has 0 fully saturated rings. The van der Waals surface area contributed by atoms with Crippen LogP contribution in [0.25, 0.3) is 0 Å². The van der Waals surface area contributed by atoms with E-state index in [0.29, 0.717) is 0 Å². The van der Waals surface area contributed by atoms with Crippen molar-refractivity contribution < 1.29 is 9.53 Å². The molecule has 0 aromatic carbocycles. The summed E-state index contributed by atoms with van der Waals surface area (Å²) in [5.41, 5.74) is 0. The maximum Gasteiger partial charge on any atom is 0.302 e. The average Bonchev–Trinajstić information content (AvgIpc) is 1.89. The lowest BCUT2D eigenvalue weighted by Gasteiger charge is -1.80. The SMILES string of the molecule is C.COC(C)=O.N#CC#N. The van der Waals surface area contributed by atoms with Crippen LogP contribution in [0.5, 0.6) is 0 Å².